The van der Waals surface area contributed by atoms with Crippen LogP contribution < -0.4 is 5.32 Å². The molecule has 0 atom stereocenters. The second-order valence-electron chi connectivity index (χ2n) is 6.66. The predicted molar refractivity (Wildman–Crippen MR) is 118 cm³/mol. The smallest absolute Gasteiger partial charge is 0.235 e. The molecule has 0 fully saturated rings. The van der Waals surface area contributed by atoms with Crippen LogP contribution in [-0.2, 0) is 17.8 Å². The summed E-state index contributed by atoms with van der Waals surface area (Å²) in [4.78, 5) is 12.6. The molecule has 0 saturated carbocycles. The van der Waals surface area contributed by atoms with E-state index < -0.39 is 0 Å². The molecule has 1 N–H and O–H groups in total. The topological polar surface area (TPSA) is 77.6 Å². The number of aryl methyl sites for hydroxylation is 1. The van der Waals surface area contributed by atoms with Gasteiger partial charge in [0.15, 0.2) is 5.16 Å². The maximum atomic E-state index is 12.6. The molecule has 0 radical (unpaired) electrons. The number of carbonyl (C=O) groups excluding carboxylic acids is 1. The van der Waals surface area contributed by atoms with Crippen molar-refractivity contribution < 1.29 is 4.79 Å². The SMILES string of the molecule is CCc1ccccc1-n1cnnc1SCC(=O)Nc1ccnn1Cc1ccccc1. The number of benzene rings is 2. The van der Waals surface area contributed by atoms with Gasteiger partial charge in [-0.1, -0.05) is 67.2 Å². The van der Waals surface area contributed by atoms with Crippen molar-refractivity contribution in [2.45, 2.75) is 25.0 Å². The highest BCUT2D eigenvalue weighted by atomic mass is 32.2. The fraction of sp³-hybridized carbons (Fsp3) is 0.182. The second kappa shape index (κ2) is 9.41. The van der Waals surface area contributed by atoms with Gasteiger partial charge in [-0.25, -0.2) is 4.68 Å². The maximum absolute atomic E-state index is 12.6. The van der Waals surface area contributed by atoms with E-state index in [1.165, 1.54) is 17.3 Å². The van der Waals surface area contributed by atoms with Crippen molar-refractivity contribution in [3.63, 3.8) is 0 Å². The predicted octanol–water partition coefficient (Wildman–Crippen LogP) is 3.81. The van der Waals surface area contributed by atoms with Crippen molar-refractivity contribution in [1.29, 1.82) is 0 Å². The molecule has 4 rings (SSSR count). The molecule has 4 aromatic rings. The monoisotopic (exact) mass is 418 g/mol. The number of carbonyl (C=O) groups is 1. The summed E-state index contributed by atoms with van der Waals surface area (Å²) < 4.78 is 3.70. The standard InChI is InChI=1S/C22H22N6OS/c1-2-18-10-6-7-11-19(18)27-16-23-26-22(27)30-15-21(29)25-20-12-13-24-28(20)14-17-8-4-3-5-9-17/h3-13,16H,2,14-15H2,1H3,(H,25,29). The Labute approximate surface area is 179 Å². The average Bonchev–Trinajstić information content (AvgIpc) is 3.42. The Hall–Kier alpha value is -3.39. The van der Waals surface area contributed by atoms with Crippen molar-refractivity contribution in [2.75, 3.05) is 11.1 Å². The number of aromatic nitrogens is 5. The lowest BCUT2D eigenvalue weighted by Gasteiger charge is -2.11. The normalized spacial score (nSPS) is 10.8. The van der Waals surface area contributed by atoms with Crippen LogP contribution in [-0.4, -0.2) is 36.2 Å². The zero-order chi connectivity index (χ0) is 20.8. The van der Waals surface area contributed by atoms with E-state index in [1.807, 2.05) is 53.1 Å². The van der Waals surface area contributed by atoms with Crippen LogP contribution in [0.5, 0.6) is 0 Å². The van der Waals surface area contributed by atoms with Crippen molar-refractivity contribution in [2.24, 2.45) is 0 Å². The number of anilines is 1. The van der Waals surface area contributed by atoms with Crippen LogP contribution in [0.4, 0.5) is 5.82 Å². The first-order valence-corrected chi connectivity index (χ1v) is 10.7. The third kappa shape index (κ3) is 4.60. The Bertz CT molecular complexity index is 1120. The van der Waals surface area contributed by atoms with Gasteiger partial charge in [-0.15, -0.1) is 10.2 Å². The number of nitrogens with zero attached hydrogens (tertiary/aromatic N) is 5. The summed E-state index contributed by atoms with van der Waals surface area (Å²) in [6.45, 7) is 2.71. The van der Waals surface area contributed by atoms with E-state index in [0.29, 0.717) is 17.5 Å². The lowest BCUT2D eigenvalue weighted by molar-refractivity contribution is -0.113. The van der Waals surface area contributed by atoms with Crippen molar-refractivity contribution in [1.82, 2.24) is 24.5 Å². The third-order valence-electron chi connectivity index (χ3n) is 4.64. The zero-order valence-corrected chi connectivity index (χ0v) is 17.4. The molecule has 0 unspecified atom stereocenters. The van der Waals surface area contributed by atoms with Crippen LogP contribution in [0.25, 0.3) is 5.69 Å². The highest BCUT2D eigenvalue weighted by Gasteiger charge is 2.13. The second-order valence-corrected chi connectivity index (χ2v) is 7.60. The number of rotatable bonds is 8. The summed E-state index contributed by atoms with van der Waals surface area (Å²) in [6.07, 6.45) is 4.28. The average molecular weight is 419 g/mol. The molecule has 1 amide bonds. The summed E-state index contributed by atoms with van der Waals surface area (Å²) in [5.41, 5.74) is 3.36. The van der Waals surface area contributed by atoms with E-state index in [-0.39, 0.29) is 11.7 Å². The highest BCUT2D eigenvalue weighted by Crippen LogP contribution is 2.22. The Kier molecular flexibility index (Phi) is 6.24. The lowest BCUT2D eigenvalue weighted by atomic mass is 10.1. The minimum atomic E-state index is -0.117. The van der Waals surface area contributed by atoms with E-state index in [4.69, 9.17) is 0 Å². The quantitative estimate of drug-likeness (QED) is 0.440. The minimum Gasteiger partial charge on any atom is -0.310 e. The molecule has 2 aromatic heterocycles. The lowest BCUT2D eigenvalue weighted by Crippen LogP contribution is -2.18. The minimum absolute atomic E-state index is 0.117. The number of para-hydroxylation sites is 1. The molecule has 0 aliphatic rings. The van der Waals surface area contributed by atoms with E-state index in [2.05, 4.69) is 33.6 Å². The van der Waals surface area contributed by atoms with Gasteiger partial charge in [0.05, 0.1) is 24.2 Å². The Morgan fingerprint density at radius 1 is 1.07 bits per heavy atom. The van der Waals surface area contributed by atoms with Crippen LogP contribution in [0.2, 0.25) is 0 Å². The largest absolute Gasteiger partial charge is 0.310 e. The van der Waals surface area contributed by atoms with Crippen molar-refractivity contribution in [3.05, 3.63) is 84.3 Å². The molecule has 152 valence electrons. The summed E-state index contributed by atoms with van der Waals surface area (Å²) >= 11 is 1.36. The number of amides is 1. The molecule has 7 nitrogen and oxygen atoms in total. The fourth-order valence-electron chi connectivity index (χ4n) is 3.16. The highest BCUT2D eigenvalue weighted by molar-refractivity contribution is 7.99. The van der Waals surface area contributed by atoms with Crippen molar-refractivity contribution in [3.8, 4) is 5.69 Å². The summed E-state index contributed by atoms with van der Waals surface area (Å²) in [6, 6.07) is 19.9. The first-order chi connectivity index (χ1) is 14.7. The molecule has 0 aliphatic carbocycles. The first-order valence-electron chi connectivity index (χ1n) is 9.71. The molecule has 0 spiro atoms. The summed E-state index contributed by atoms with van der Waals surface area (Å²) in [7, 11) is 0. The molecular formula is C22H22N6OS. The summed E-state index contributed by atoms with van der Waals surface area (Å²) in [5, 5.41) is 16.2. The molecular weight excluding hydrogens is 396 g/mol. The van der Waals surface area contributed by atoms with Gasteiger partial charge in [0.1, 0.15) is 12.1 Å². The number of hydrogen-bond donors (Lipinski definition) is 1. The van der Waals surface area contributed by atoms with Crippen molar-refractivity contribution >= 4 is 23.5 Å². The van der Waals surface area contributed by atoms with Gasteiger partial charge in [-0.2, -0.15) is 5.10 Å². The fourth-order valence-corrected chi connectivity index (χ4v) is 3.88. The summed E-state index contributed by atoms with van der Waals surface area (Å²) in [5.74, 6) is 0.777. The van der Waals surface area contributed by atoms with Gasteiger partial charge in [0.2, 0.25) is 5.91 Å². The van der Waals surface area contributed by atoms with Gasteiger partial charge in [-0.05, 0) is 23.6 Å². The zero-order valence-electron chi connectivity index (χ0n) is 16.6. The maximum Gasteiger partial charge on any atom is 0.235 e. The number of thioether (sulfide) groups is 1. The molecule has 8 heteroatoms. The first kappa shape index (κ1) is 19.9. The number of nitrogens with one attached hydrogen (secondary N) is 1. The van der Waals surface area contributed by atoms with Crippen LogP contribution in [0, 0.1) is 0 Å². The molecule has 2 heterocycles. The molecule has 0 aliphatic heterocycles. The van der Waals surface area contributed by atoms with Gasteiger partial charge in [-0.3, -0.25) is 9.36 Å². The van der Waals surface area contributed by atoms with Gasteiger partial charge in [0, 0.05) is 6.07 Å². The van der Waals surface area contributed by atoms with E-state index >= 15 is 0 Å². The van der Waals surface area contributed by atoms with Crippen LogP contribution >= 0.6 is 11.8 Å². The van der Waals surface area contributed by atoms with Gasteiger partial charge in [0.25, 0.3) is 0 Å². The van der Waals surface area contributed by atoms with Crippen LogP contribution in [0.15, 0.2) is 78.3 Å². The molecule has 30 heavy (non-hydrogen) atoms. The van der Waals surface area contributed by atoms with Crippen LogP contribution in [0.3, 0.4) is 0 Å². The Morgan fingerprint density at radius 3 is 2.70 bits per heavy atom. The molecule has 0 bridgehead atoms. The third-order valence-corrected chi connectivity index (χ3v) is 5.58. The molecule has 0 saturated heterocycles. The van der Waals surface area contributed by atoms with Gasteiger partial charge < -0.3 is 5.32 Å². The Morgan fingerprint density at radius 2 is 1.87 bits per heavy atom. The van der Waals surface area contributed by atoms with E-state index in [9.17, 15) is 4.79 Å². The van der Waals surface area contributed by atoms with Crippen LogP contribution in [0.1, 0.15) is 18.1 Å². The molecule has 2 aromatic carbocycles. The Balaban J connectivity index is 1.40. The number of hydrogen-bond acceptors (Lipinski definition) is 5. The van der Waals surface area contributed by atoms with Gasteiger partial charge >= 0.3 is 0 Å². The van der Waals surface area contributed by atoms with E-state index in [0.717, 1.165) is 17.7 Å². The van der Waals surface area contributed by atoms with E-state index in [1.54, 1.807) is 23.3 Å².